The summed E-state index contributed by atoms with van der Waals surface area (Å²) in [5.74, 6) is -4.66. The van der Waals surface area contributed by atoms with Gasteiger partial charge in [-0.3, -0.25) is 4.79 Å². The summed E-state index contributed by atoms with van der Waals surface area (Å²) in [7, 11) is 0. The van der Waals surface area contributed by atoms with E-state index in [1.807, 2.05) is 19.2 Å². The van der Waals surface area contributed by atoms with Crippen molar-refractivity contribution < 1.29 is 36.1 Å². The van der Waals surface area contributed by atoms with Crippen LogP contribution in [0.2, 0.25) is 0 Å². The van der Waals surface area contributed by atoms with Gasteiger partial charge in [-0.05, 0) is 36.3 Å². The van der Waals surface area contributed by atoms with Crippen LogP contribution in [0.1, 0.15) is 84.4 Å². The van der Waals surface area contributed by atoms with Crippen molar-refractivity contribution in [3.8, 4) is 0 Å². The molecule has 0 unspecified atom stereocenters. The maximum absolute atomic E-state index is 14.0. The molecule has 5 rings (SSSR count). The smallest absolute Gasteiger partial charge is 0.365 e. The zero-order chi connectivity index (χ0) is 29.0. The van der Waals surface area contributed by atoms with Gasteiger partial charge in [-0.1, -0.05) is 19.0 Å². The Morgan fingerprint density at radius 1 is 1.27 bits per heavy atom. The molecule has 1 aliphatic carbocycles. The summed E-state index contributed by atoms with van der Waals surface area (Å²) in [4.78, 5) is 30.2. The summed E-state index contributed by atoms with van der Waals surface area (Å²) in [5, 5.41) is 10.3. The second kappa shape index (κ2) is 10.0. The van der Waals surface area contributed by atoms with Gasteiger partial charge in [0.1, 0.15) is 11.6 Å². The number of rotatable bonds is 7. The third kappa shape index (κ3) is 5.32. The highest BCUT2D eigenvalue weighted by molar-refractivity contribution is 5.95. The maximum Gasteiger partial charge on any atom is 0.410 e. The number of primary amides is 1. The Bertz CT molecular complexity index is 1420. The van der Waals surface area contributed by atoms with Crippen LogP contribution in [0.15, 0.2) is 23.0 Å². The maximum atomic E-state index is 14.0. The van der Waals surface area contributed by atoms with Crippen molar-refractivity contribution in [2.45, 2.75) is 76.1 Å². The van der Waals surface area contributed by atoms with Gasteiger partial charge in [0.2, 0.25) is 5.92 Å². The highest BCUT2D eigenvalue weighted by Gasteiger charge is 2.47. The lowest BCUT2D eigenvalue weighted by molar-refractivity contribution is -0.149. The van der Waals surface area contributed by atoms with Crippen molar-refractivity contribution in [3.63, 3.8) is 0 Å². The number of urea groups is 1. The van der Waals surface area contributed by atoms with Gasteiger partial charge in [0.15, 0.2) is 11.4 Å². The lowest BCUT2D eigenvalue weighted by Gasteiger charge is -2.32. The Balaban J connectivity index is 1.49. The second-order valence-electron chi connectivity index (χ2n) is 10.8. The molecule has 3 aromatic rings. The number of amides is 3. The molecule has 1 aliphatic heterocycles. The Labute approximate surface area is 225 Å². The summed E-state index contributed by atoms with van der Waals surface area (Å²) >= 11 is 0. The van der Waals surface area contributed by atoms with Gasteiger partial charge in [-0.15, -0.1) is 0 Å². The van der Waals surface area contributed by atoms with E-state index in [0.717, 1.165) is 4.90 Å². The van der Waals surface area contributed by atoms with Crippen LogP contribution in [0.5, 0.6) is 0 Å². The molecule has 0 bridgehead atoms. The number of imidazole rings is 1. The first kappa shape index (κ1) is 27.8. The van der Waals surface area contributed by atoms with E-state index in [9.17, 15) is 31.5 Å². The molecular formula is C25H28F5N7O3. The van der Waals surface area contributed by atoms with Crippen LogP contribution in [-0.2, 0) is 6.54 Å². The first-order valence-electron chi connectivity index (χ1n) is 12.9. The van der Waals surface area contributed by atoms with E-state index in [0.29, 0.717) is 22.6 Å². The molecule has 3 N–H and O–H groups in total. The third-order valence-electron chi connectivity index (χ3n) is 7.52. The first-order chi connectivity index (χ1) is 18.7. The molecule has 0 aromatic carbocycles. The van der Waals surface area contributed by atoms with Gasteiger partial charge < -0.3 is 20.5 Å². The van der Waals surface area contributed by atoms with Crippen LogP contribution in [0.4, 0.5) is 26.7 Å². The summed E-state index contributed by atoms with van der Waals surface area (Å²) in [6.45, 7) is 2.97. The van der Waals surface area contributed by atoms with Crippen molar-refractivity contribution in [1.82, 2.24) is 30.0 Å². The molecule has 15 heteroatoms. The van der Waals surface area contributed by atoms with Crippen molar-refractivity contribution in [3.05, 3.63) is 46.7 Å². The number of nitrogens with one attached hydrogen (secondary N) is 1. The van der Waals surface area contributed by atoms with Crippen LogP contribution in [0.25, 0.3) is 5.65 Å². The Morgan fingerprint density at radius 2 is 1.98 bits per heavy atom. The number of aromatic nitrogens is 4. The molecule has 1 saturated carbocycles. The summed E-state index contributed by atoms with van der Waals surface area (Å²) in [5.41, 5.74) is 7.31. The fraction of sp³-hybridized carbons (Fsp3) is 0.560. The average molecular weight is 570 g/mol. The molecule has 4 heterocycles. The lowest BCUT2D eigenvalue weighted by atomic mass is 9.75. The van der Waals surface area contributed by atoms with Gasteiger partial charge in [0.25, 0.3) is 5.91 Å². The number of hydrogen-bond donors (Lipinski definition) is 2. The molecule has 2 aliphatic rings. The number of alkyl halides is 5. The number of carbonyl (C=O) groups excluding carboxylic acids is 2. The second-order valence-corrected chi connectivity index (χ2v) is 10.8. The highest BCUT2D eigenvalue weighted by Crippen LogP contribution is 2.46. The fourth-order valence-electron chi connectivity index (χ4n) is 5.46. The van der Waals surface area contributed by atoms with Gasteiger partial charge >= 0.3 is 12.2 Å². The zero-order valence-corrected chi connectivity index (χ0v) is 21.7. The van der Waals surface area contributed by atoms with E-state index in [-0.39, 0.29) is 55.4 Å². The molecule has 0 spiro atoms. The molecule has 10 nitrogen and oxygen atoms in total. The van der Waals surface area contributed by atoms with E-state index in [4.69, 9.17) is 10.3 Å². The first-order valence-corrected chi connectivity index (χ1v) is 12.9. The van der Waals surface area contributed by atoms with E-state index in [1.54, 1.807) is 12.3 Å². The monoisotopic (exact) mass is 569 g/mol. The minimum absolute atomic E-state index is 0.0994. The molecule has 3 aromatic heterocycles. The highest BCUT2D eigenvalue weighted by atomic mass is 19.4. The molecule has 2 fully saturated rings. The number of hydrogen-bond acceptors (Lipinski definition) is 6. The van der Waals surface area contributed by atoms with Gasteiger partial charge in [-0.25, -0.2) is 23.1 Å². The topological polar surface area (TPSA) is 132 Å². The summed E-state index contributed by atoms with van der Waals surface area (Å²) in [6.07, 6.45) is -1.96. The number of halogens is 5. The molecular weight excluding hydrogens is 541 g/mol. The van der Waals surface area contributed by atoms with E-state index >= 15 is 0 Å². The van der Waals surface area contributed by atoms with Crippen molar-refractivity contribution in [2.24, 2.45) is 11.7 Å². The predicted octanol–water partition coefficient (Wildman–Crippen LogP) is 4.35. The fourth-order valence-corrected chi connectivity index (χ4v) is 5.46. The standard InChI is InChI=1S/C25H28F5N7O3/c1-12(2)20-19(22(31)38)21(40-35-20)18(14-3-5-24(26,27)6-4-14)15-10-37-17(33-15)7-13(8-32-37)9-36-11-16(25(28,29)30)34-23(36)39/h7-8,10,12,14,16,18H,3-6,9,11H2,1-2H3,(H2,31,38)(H,34,39)/t16-,18-/m0/s1. The van der Waals surface area contributed by atoms with Crippen LogP contribution in [0, 0.1) is 5.92 Å². The number of carbonyl (C=O) groups is 2. The predicted molar refractivity (Wildman–Crippen MR) is 130 cm³/mol. The molecule has 40 heavy (non-hydrogen) atoms. The lowest BCUT2D eigenvalue weighted by Crippen LogP contribution is -2.40. The molecule has 216 valence electrons. The number of fused-ring (bicyclic) bond motifs is 1. The van der Waals surface area contributed by atoms with Gasteiger partial charge in [0, 0.05) is 19.4 Å². The quantitative estimate of drug-likeness (QED) is 0.407. The van der Waals surface area contributed by atoms with Crippen LogP contribution in [0.3, 0.4) is 0 Å². The number of nitrogens with two attached hydrogens (primary N) is 1. The summed E-state index contributed by atoms with van der Waals surface area (Å²) < 4.78 is 74.3. The van der Waals surface area contributed by atoms with Crippen molar-refractivity contribution in [2.75, 3.05) is 6.54 Å². The van der Waals surface area contributed by atoms with E-state index < -0.39 is 42.5 Å². The average Bonchev–Trinajstić information content (AvgIpc) is 3.57. The summed E-state index contributed by atoms with van der Waals surface area (Å²) in [6, 6.07) is -1.23. The normalized spacial score (nSPS) is 20.9. The van der Waals surface area contributed by atoms with E-state index in [2.05, 4.69) is 15.2 Å². The minimum atomic E-state index is -4.57. The third-order valence-corrected chi connectivity index (χ3v) is 7.52. The van der Waals surface area contributed by atoms with Crippen LogP contribution < -0.4 is 11.1 Å². The molecule has 2 atom stereocenters. The Morgan fingerprint density at radius 3 is 2.58 bits per heavy atom. The van der Waals surface area contributed by atoms with Crippen molar-refractivity contribution >= 4 is 17.6 Å². The van der Waals surface area contributed by atoms with Gasteiger partial charge in [-0.2, -0.15) is 18.3 Å². The molecule has 1 saturated heterocycles. The Hall–Kier alpha value is -3.78. The van der Waals surface area contributed by atoms with Crippen LogP contribution >= 0.6 is 0 Å². The largest absolute Gasteiger partial charge is 0.410 e. The zero-order valence-electron chi connectivity index (χ0n) is 21.7. The molecule has 0 radical (unpaired) electrons. The van der Waals surface area contributed by atoms with Crippen LogP contribution in [-0.4, -0.2) is 61.3 Å². The minimum Gasteiger partial charge on any atom is -0.365 e. The van der Waals surface area contributed by atoms with Gasteiger partial charge in [0.05, 0.1) is 36.2 Å². The molecule has 3 amide bonds. The SMILES string of the molecule is CC(C)c1noc([C@H](c2cn3ncc(CN4C[C@@H](C(F)(F)F)NC4=O)cc3n2)C2CCC(F)(F)CC2)c1C(N)=O. The number of nitrogens with zero attached hydrogens (tertiary/aromatic N) is 5. The van der Waals surface area contributed by atoms with E-state index in [1.165, 1.54) is 10.7 Å². The Kier molecular flexibility index (Phi) is 6.94. The van der Waals surface area contributed by atoms with Crippen molar-refractivity contribution in [1.29, 1.82) is 0 Å².